The van der Waals surface area contributed by atoms with E-state index in [1.54, 1.807) is 0 Å². The third kappa shape index (κ3) is 1.98. The summed E-state index contributed by atoms with van der Waals surface area (Å²) in [5.74, 6) is 0.120. The fourth-order valence-electron chi connectivity index (χ4n) is 1.49. The maximum atomic E-state index is 11.7. The second-order valence-electron chi connectivity index (χ2n) is 4.83. The standard InChI is InChI=1S/C11H18N2O/c1-8(9-5-12-6-9)10(14)13-7-11(2)3-4-11/h12H,3-7H2,1-2H3,(H,13,14). The van der Waals surface area contributed by atoms with Crippen LogP contribution in [0.1, 0.15) is 26.7 Å². The lowest BCUT2D eigenvalue weighted by atomic mass is 10.0. The largest absolute Gasteiger partial charge is 0.352 e. The summed E-state index contributed by atoms with van der Waals surface area (Å²) in [6.07, 6.45) is 2.51. The molecule has 0 aromatic carbocycles. The molecular weight excluding hydrogens is 176 g/mol. The molecule has 0 unspecified atom stereocenters. The van der Waals surface area contributed by atoms with E-state index in [0.29, 0.717) is 5.41 Å². The second-order valence-corrected chi connectivity index (χ2v) is 4.83. The quantitative estimate of drug-likeness (QED) is 0.653. The monoisotopic (exact) mass is 194 g/mol. The molecule has 0 aromatic heterocycles. The van der Waals surface area contributed by atoms with Crippen molar-refractivity contribution in [3.8, 4) is 0 Å². The van der Waals surface area contributed by atoms with E-state index in [9.17, 15) is 4.79 Å². The van der Waals surface area contributed by atoms with Crippen LogP contribution >= 0.6 is 0 Å². The first-order valence-corrected chi connectivity index (χ1v) is 5.28. The number of hydrogen-bond donors (Lipinski definition) is 2. The van der Waals surface area contributed by atoms with Crippen molar-refractivity contribution in [2.45, 2.75) is 26.7 Å². The summed E-state index contributed by atoms with van der Waals surface area (Å²) in [5, 5.41) is 6.15. The molecule has 2 rings (SSSR count). The molecule has 1 aliphatic heterocycles. The molecule has 14 heavy (non-hydrogen) atoms. The van der Waals surface area contributed by atoms with Gasteiger partial charge in [0.05, 0.1) is 0 Å². The van der Waals surface area contributed by atoms with Crippen LogP contribution in [-0.2, 0) is 4.79 Å². The Hall–Kier alpha value is -0.830. The zero-order valence-electron chi connectivity index (χ0n) is 8.94. The number of carbonyl (C=O) groups is 1. The summed E-state index contributed by atoms with van der Waals surface area (Å²) in [6, 6.07) is 0. The van der Waals surface area contributed by atoms with Crippen LogP contribution in [0.15, 0.2) is 11.1 Å². The first kappa shape index (κ1) is 9.71. The second kappa shape index (κ2) is 3.39. The maximum Gasteiger partial charge on any atom is 0.246 e. The number of amides is 1. The molecule has 0 bridgehead atoms. The Balaban J connectivity index is 1.83. The maximum absolute atomic E-state index is 11.7. The highest BCUT2D eigenvalue weighted by atomic mass is 16.1. The highest BCUT2D eigenvalue weighted by molar-refractivity contribution is 5.94. The minimum absolute atomic E-state index is 0.120. The van der Waals surface area contributed by atoms with E-state index in [1.807, 2.05) is 6.92 Å². The van der Waals surface area contributed by atoms with Gasteiger partial charge in [-0.05, 0) is 30.8 Å². The first-order chi connectivity index (χ1) is 6.61. The van der Waals surface area contributed by atoms with Crippen LogP contribution in [-0.4, -0.2) is 25.5 Å². The molecule has 2 fully saturated rings. The minimum Gasteiger partial charge on any atom is -0.352 e. The third-order valence-corrected chi connectivity index (χ3v) is 3.33. The van der Waals surface area contributed by atoms with E-state index in [0.717, 1.165) is 25.2 Å². The van der Waals surface area contributed by atoms with Gasteiger partial charge in [0, 0.05) is 25.2 Å². The molecule has 1 aliphatic carbocycles. The van der Waals surface area contributed by atoms with E-state index in [2.05, 4.69) is 17.6 Å². The number of hydrogen-bond acceptors (Lipinski definition) is 2. The Bertz CT molecular complexity index is 284. The Labute approximate surface area is 84.9 Å². The van der Waals surface area contributed by atoms with Crippen molar-refractivity contribution < 1.29 is 4.79 Å². The van der Waals surface area contributed by atoms with Gasteiger partial charge in [0.15, 0.2) is 0 Å². The molecule has 0 atom stereocenters. The molecule has 0 radical (unpaired) electrons. The number of rotatable bonds is 3. The molecule has 1 heterocycles. The normalized spacial score (nSPS) is 22.6. The summed E-state index contributed by atoms with van der Waals surface area (Å²) in [6.45, 7) is 6.75. The van der Waals surface area contributed by atoms with Gasteiger partial charge < -0.3 is 10.6 Å². The van der Waals surface area contributed by atoms with Crippen LogP contribution in [0.25, 0.3) is 0 Å². The Morgan fingerprint density at radius 3 is 2.57 bits per heavy atom. The smallest absolute Gasteiger partial charge is 0.246 e. The average molecular weight is 194 g/mol. The van der Waals surface area contributed by atoms with Crippen molar-refractivity contribution in [2.24, 2.45) is 5.41 Å². The summed E-state index contributed by atoms with van der Waals surface area (Å²) in [4.78, 5) is 11.7. The fourth-order valence-corrected chi connectivity index (χ4v) is 1.49. The molecule has 3 heteroatoms. The molecule has 78 valence electrons. The highest BCUT2D eigenvalue weighted by Crippen LogP contribution is 2.44. The molecule has 1 saturated heterocycles. The Morgan fingerprint density at radius 1 is 1.50 bits per heavy atom. The van der Waals surface area contributed by atoms with Gasteiger partial charge in [0.25, 0.3) is 0 Å². The van der Waals surface area contributed by atoms with Gasteiger partial charge in [0.1, 0.15) is 0 Å². The van der Waals surface area contributed by atoms with E-state index < -0.39 is 0 Å². The van der Waals surface area contributed by atoms with Crippen molar-refractivity contribution in [2.75, 3.05) is 19.6 Å². The lowest BCUT2D eigenvalue weighted by molar-refractivity contribution is -0.117. The Morgan fingerprint density at radius 2 is 2.14 bits per heavy atom. The predicted octanol–water partition coefficient (Wildman–Crippen LogP) is 0.822. The summed E-state index contributed by atoms with van der Waals surface area (Å²) in [7, 11) is 0. The third-order valence-electron chi connectivity index (χ3n) is 3.33. The molecule has 0 aromatic rings. The van der Waals surface area contributed by atoms with Crippen molar-refractivity contribution >= 4 is 5.91 Å². The van der Waals surface area contributed by atoms with Crippen LogP contribution in [0.5, 0.6) is 0 Å². The van der Waals surface area contributed by atoms with Gasteiger partial charge in [-0.15, -0.1) is 0 Å². The van der Waals surface area contributed by atoms with Gasteiger partial charge in [-0.1, -0.05) is 6.92 Å². The molecule has 3 nitrogen and oxygen atoms in total. The van der Waals surface area contributed by atoms with Gasteiger partial charge in [0.2, 0.25) is 5.91 Å². The summed E-state index contributed by atoms with van der Waals surface area (Å²) >= 11 is 0. The summed E-state index contributed by atoms with van der Waals surface area (Å²) < 4.78 is 0. The molecule has 1 saturated carbocycles. The van der Waals surface area contributed by atoms with E-state index in [4.69, 9.17) is 0 Å². The molecule has 1 amide bonds. The van der Waals surface area contributed by atoms with Crippen molar-refractivity contribution in [3.63, 3.8) is 0 Å². The SMILES string of the molecule is CC(C(=O)NCC1(C)CC1)=C1CNC1. The zero-order chi connectivity index (χ0) is 10.2. The van der Waals surface area contributed by atoms with Crippen LogP contribution in [0.2, 0.25) is 0 Å². The van der Waals surface area contributed by atoms with E-state index >= 15 is 0 Å². The van der Waals surface area contributed by atoms with E-state index in [1.165, 1.54) is 18.4 Å². The lowest BCUT2D eigenvalue weighted by Gasteiger charge is -2.21. The van der Waals surface area contributed by atoms with Crippen molar-refractivity contribution in [1.29, 1.82) is 0 Å². The van der Waals surface area contributed by atoms with Crippen LogP contribution < -0.4 is 10.6 Å². The topological polar surface area (TPSA) is 41.1 Å². The first-order valence-electron chi connectivity index (χ1n) is 5.28. The zero-order valence-corrected chi connectivity index (χ0v) is 8.94. The minimum atomic E-state index is 0.120. The van der Waals surface area contributed by atoms with Gasteiger partial charge in [-0.3, -0.25) is 4.79 Å². The Kier molecular flexibility index (Phi) is 2.35. The van der Waals surface area contributed by atoms with Crippen LogP contribution in [0.4, 0.5) is 0 Å². The van der Waals surface area contributed by atoms with Gasteiger partial charge >= 0.3 is 0 Å². The van der Waals surface area contributed by atoms with Crippen LogP contribution in [0, 0.1) is 5.41 Å². The van der Waals surface area contributed by atoms with E-state index in [-0.39, 0.29) is 5.91 Å². The van der Waals surface area contributed by atoms with Gasteiger partial charge in [-0.2, -0.15) is 0 Å². The highest BCUT2D eigenvalue weighted by Gasteiger charge is 2.37. The van der Waals surface area contributed by atoms with Crippen LogP contribution in [0.3, 0.4) is 0 Å². The predicted molar refractivity (Wildman–Crippen MR) is 55.9 cm³/mol. The van der Waals surface area contributed by atoms with Gasteiger partial charge in [-0.25, -0.2) is 0 Å². The lowest BCUT2D eigenvalue weighted by Crippen LogP contribution is -2.38. The molecular formula is C11H18N2O. The number of carbonyl (C=O) groups excluding carboxylic acids is 1. The molecule has 2 aliphatic rings. The fraction of sp³-hybridized carbons (Fsp3) is 0.727. The summed E-state index contributed by atoms with van der Waals surface area (Å²) in [5.41, 5.74) is 2.56. The number of nitrogens with one attached hydrogen (secondary N) is 2. The molecule has 0 spiro atoms. The van der Waals surface area contributed by atoms with Crippen molar-refractivity contribution in [3.05, 3.63) is 11.1 Å². The average Bonchev–Trinajstić information content (AvgIpc) is 2.77. The van der Waals surface area contributed by atoms with Crippen molar-refractivity contribution in [1.82, 2.24) is 10.6 Å². The molecule has 2 N–H and O–H groups in total.